The second-order valence-corrected chi connectivity index (χ2v) is 7.23. The van der Waals surface area contributed by atoms with Crippen molar-refractivity contribution < 1.29 is 14.1 Å². The Morgan fingerprint density at radius 3 is 2.48 bits per heavy atom. The second kappa shape index (κ2) is 7.66. The Morgan fingerprint density at radius 1 is 1.24 bits per heavy atom. The molecule has 0 aliphatic carbocycles. The zero-order chi connectivity index (χ0) is 18.0. The predicted octanol–water partition coefficient (Wildman–Crippen LogP) is 3.06. The molecule has 2 saturated heterocycles. The molecule has 0 radical (unpaired) electrons. The number of benzene rings is 1. The Bertz CT molecular complexity index is 610. The topological polar surface area (TPSA) is 58.8 Å². The van der Waals surface area contributed by atoms with Gasteiger partial charge in [0.1, 0.15) is 0 Å². The first-order chi connectivity index (χ1) is 12.0. The van der Waals surface area contributed by atoms with Crippen LogP contribution in [0.25, 0.3) is 0 Å². The lowest BCUT2D eigenvalue weighted by Gasteiger charge is -2.42. The average Bonchev–Trinajstić information content (AvgIpc) is 2.59. The predicted molar refractivity (Wildman–Crippen MR) is 94.4 cm³/mol. The van der Waals surface area contributed by atoms with Gasteiger partial charge in [0.2, 0.25) is 0 Å². The van der Waals surface area contributed by atoms with Crippen molar-refractivity contribution in [1.82, 2.24) is 4.90 Å². The molecular formula is C18H26FN3O3. The molecule has 2 fully saturated rings. The van der Waals surface area contributed by atoms with Crippen molar-refractivity contribution in [3.05, 3.63) is 34.1 Å². The molecule has 0 unspecified atom stereocenters. The van der Waals surface area contributed by atoms with E-state index >= 15 is 0 Å². The maximum atomic E-state index is 14.2. The summed E-state index contributed by atoms with van der Waals surface area (Å²) in [6.07, 6.45) is 1.84. The molecule has 0 amide bonds. The number of nitro groups is 1. The van der Waals surface area contributed by atoms with Crippen LogP contribution in [-0.4, -0.2) is 54.8 Å². The SMILES string of the molecule is C[C@@H]1COC[C@@H](C)N1CC1CCN(c2c(F)cccc2[N+](=O)[O-])CC1. The number of rotatable bonds is 4. The Labute approximate surface area is 147 Å². The smallest absolute Gasteiger partial charge is 0.295 e. The van der Waals surface area contributed by atoms with Crippen molar-refractivity contribution in [3.8, 4) is 0 Å². The van der Waals surface area contributed by atoms with Crippen LogP contribution >= 0.6 is 0 Å². The zero-order valence-corrected chi connectivity index (χ0v) is 14.9. The van der Waals surface area contributed by atoms with E-state index < -0.39 is 10.7 Å². The van der Waals surface area contributed by atoms with Gasteiger partial charge in [-0.1, -0.05) is 6.07 Å². The summed E-state index contributed by atoms with van der Waals surface area (Å²) in [5.41, 5.74) is -0.00654. The summed E-state index contributed by atoms with van der Waals surface area (Å²) in [6.45, 7) is 8.23. The van der Waals surface area contributed by atoms with E-state index in [1.807, 2.05) is 4.90 Å². The van der Waals surface area contributed by atoms with E-state index in [1.165, 1.54) is 18.2 Å². The highest BCUT2D eigenvalue weighted by atomic mass is 19.1. The van der Waals surface area contributed by atoms with E-state index in [0.717, 1.165) is 32.6 Å². The number of para-hydroxylation sites is 1. The van der Waals surface area contributed by atoms with Crippen LogP contribution in [0.3, 0.4) is 0 Å². The first-order valence-electron chi connectivity index (χ1n) is 8.98. The van der Waals surface area contributed by atoms with Crippen LogP contribution in [0, 0.1) is 21.8 Å². The molecule has 1 aromatic rings. The van der Waals surface area contributed by atoms with E-state index in [0.29, 0.717) is 31.1 Å². The van der Waals surface area contributed by atoms with Crippen molar-refractivity contribution >= 4 is 11.4 Å². The van der Waals surface area contributed by atoms with Crippen molar-refractivity contribution in [2.75, 3.05) is 37.7 Å². The number of ether oxygens (including phenoxy) is 1. The summed E-state index contributed by atoms with van der Waals surface area (Å²) in [5, 5.41) is 11.2. The van der Waals surface area contributed by atoms with Crippen LogP contribution in [0.2, 0.25) is 0 Å². The monoisotopic (exact) mass is 351 g/mol. The van der Waals surface area contributed by atoms with E-state index in [9.17, 15) is 14.5 Å². The maximum absolute atomic E-state index is 14.2. The largest absolute Gasteiger partial charge is 0.378 e. The third-order valence-corrected chi connectivity index (χ3v) is 5.41. The minimum absolute atomic E-state index is 0.138. The number of hydrogen-bond acceptors (Lipinski definition) is 5. The molecule has 3 rings (SSSR count). The van der Waals surface area contributed by atoms with E-state index in [2.05, 4.69) is 18.7 Å². The molecule has 0 aromatic heterocycles. The molecule has 0 N–H and O–H groups in total. The molecule has 7 heteroatoms. The van der Waals surface area contributed by atoms with Gasteiger partial charge in [-0.05, 0) is 38.7 Å². The molecule has 25 heavy (non-hydrogen) atoms. The Kier molecular flexibility index (Phi) is 5.54. The highest BCUT2D eigenvalue weighted by Gasteiger charge is 2.31. The first kappa shape index (κ1) is 18.1. The standard InChI is InChI=1S/C18H26FN3O3/c1-13-11-25-12-14(2)21(13)10-15-6-8-20(9-7-15)18-16(19)4-3-5-17(18)22(23)24/h3-5,13-15H,6-12H2,1-2H3/t13-,14-/m1/s1. The van der Waals surface area contributed by atoms with E-state index in [1.54, 1.807) is 0 Å². The first-order valence-corrected chi connectivity index (χ1v) is 8.98. The molecule has 0 saturated carbocycles. The van der Waals surface area contributed by atoms with Gasteiger partial charge in [-0.2, -0.15) is 0 Å². The lowest BCUT2D eigenvalue weighted by atomic mass is 9.94. The number of anilines is 1. The van der Waals surface area contributed by atoms with Gasteiger partial charge in [-0.3, -0.25) is 15.0 Å². The number of halogens is 1. The molecule has 2 aliphatic rings. The number of morpholine rings is 1. The van der Waals surface area contributed by atoms with Crippen LogP contribution in [0.5, 0.6) is 0 Å². The van der Waals surface area contributed by atoms with E-state index in [-0.39, 0.29) is 11.4 Å². The molecule has 2 heterocycles. The van der Waals surface area contributed by atoms with Crippen LogP contribution in [0.4, 0.5) is 15.8 Å². The molecular weight excluding hydrogens is 325 g/mol. The van der Waals surface area contributed by atoms with Crippen molar-refractivity contribution in [2.24, 2.45) is 5.92 Å². The minimum atomic E-state index is -0.511. The van der Waals surface area contributed by atoms with Gasteiger partial charge in [-0.25, -0.2) is 4.39 Å². The summed E-state index contributed by atoms with van der Waals surface area (Å²) in [5.74, 6) is 0.0214. The number of piperidine rings is 1. The number of nitro benzene ring substituents is 1. The van der Waals surface area contributed by atoms with Gasteiger partial charge in [0.15, 0.2) is 11.5 Å². The number of nitrogens with zero attached hydrogens (tertiary/aromatic N) is 3. The van der Waals surface area contributed by atoms with Gasteiger partial charge in [0, 0.05) is 37.8 Å². The van der Waals surface area contributed by atoms with Gasteiger partial charge in [-0.15, -0.1) is 0 Å². The summed E-state index contributed by atoms with van der Waals surface area (Å²) >= 11 is 0. The van der Waals surface area contributed by atoms with Crippen LogP contribution < -0.4 is 4.90 Å². The average molecular weight is 351 g/mol. The van der Waals surface area contributed by atoms with Crippen molar-refractivity contribution in [1.29, 1.82) is 0 Å². The van der Waals surface area contributed by atoms with Gasteiger partial charge in [0.25, 0.3) is 5.69 Å². The molecule has 2 aliphatic heterocycles. The van der Waals surface area contributed by atoms with Crippen molar-refractivity contribution in [3.63, 3.8) is 0 Å². The zero-order valence-electron chi connectivity index (χ0n) is 14.9. The minimum Gasteiger partial charge on any atom is -0.378 e. The third kappa shape index (κ3) is 3.93. The maximum Gasteiger partial charge on any atom is 0.295 e. The molecule has 1 aromatic carbocycles. The van der Waals surface area contributed by atoms with Gasteiger partial charge in [0.05, 0.1) is 18.1 Å². The summed E-state index contributed by atoms with van der Waals surface area (Å²) < 4.78 is 19.8. The summed E-state index contributed by atoms with van der Waals surface area (Å²) in [6, 6.07) is 4.89. The quantitative estimate of drug-likeness (QED) is 0.616. The molecule has 6 nitrogen and oxygen atoms in total. The highest BCUT2D eigenvalue weighted by molar-refractivity contribution is 5.64. The lowest BCUT2D eigenvalue weighted by molar-refractivity contribution is -0.384. The summed E-state index contributed by atoms with van der Waals surface area (Å²) in [4.78, 5) is 15.0. The molecule has 0 bridgehead atoms. The van der Waals surface area contributed by atoms with Gasteiger partial charge >= 0.3 is 0 Å². The molecule has 0 spiro atoms. The highest BCUT2D eigenvalue weighted by Crippen LogP contribution is 2.34. The Hall–Kier alpha value is -1.73. The van der Waals surface area contributed by atoms with E-state index in [4.69, 9.17) is 4.74 Å². The fourth-order valence-electron chi connectivity index (χ4n) is 4.00. The van der Waals surface area contributed by atoms with Crippen molar-refractivity contribution in [2.45, 2.75) is 38.8 Å². The molecule has 138 valence electrons. The molecule has 2 atom stereocenters. The van der Waals surface area contributed by atoms with Crippen LogP contribution in [0.1, 0.15) is 26.7 Å². The Morgan fingerprint density at radius 2 is 1.88 bits per heavy atom. The fourth-order valence-corrected chi connectivity index (χ4v) is 4.00. The Balaban J connectivity index is 1.64. The third-order valence-electron chi connectivity index (χ3n) is 5.41. The van der Waals surface area contributed by atoms with Crippen LogP contribution in [0.15, 0.2) is 18.2 Å². The summed E-state index contributed by atoms with van der Waals surface area (Å²) in [7, 11) is 0. The number of hydrogen-bond donors (Lipinski definition) is 0. The lowest BCUT2D eigenvalue weighted by Crippen LogP contribution is -2.52. The second-order valence-electron chi connectivity index (χ2n) is 7.23. The normalized spacial score (nSPS) is 26.0. The van der Waals surface area contributed by atoms with Gasteiger partial charge < -0.3 is 9.64 Å². The fraction of sp³-hybridized carbons (Fsp3) is 0.667. The van der Waals surface area contributed by atoms with Crippen LogP contribution in [-0.2, 0) is 4.74 Å².